The van der Waals surface area contributed by atoms with Crippen molar-refractivity contribution >= 4 is 9.84 Å². The number of aryl methyl sites for hydroxylation is 1. The number of sulfone groups is 1. The van der Waals surface area contributed by atoms with Crippen molar-refractivity contribution < 1.29 is 21.6 Å². The third kappa shape index (κ3) is 3.34. The summed E-state index contributed by atoms with van der Waals surface area (Å²) in [5.41, 5.74) is -0.961. The molecule has 0 radical (unpaired) electrons. The first-order chi connectivity index (χ1) is 9.20. The van der Waals surface area contributed by atoms with Gasteiger partial charge in [-0.15, -0.1) is 0 Å². The predicted molar refractivity (Wildman–Crippen MR) is 67.7 cm³/mol. The van der Waals surface area contributed by atoms with E-state index in [-0.39, 0.29) is 11.4 Å². The number of rotatable bonds is 3. The summed E-state index contributed by atoms with van der Waals surface area (Å²) in [6.45, 7) is 0. The lowest BCUT2D eigenvalue weighted by Crippen LogP contribution is -2.26. The van der Waals surface area contributed by atoms with Gasteiger partial charge in [-0.05, 0) is 18.9 Å². The zero-order chi connectivity index (χ0) is 15.0. The van der Waals surface area contributed by atoms with Crippen molar-refractivity contribution in [3.05, 3.63) is 17.5 Å². The summed E-state index contributed by atoms with van der Waals surface area (Å²) in [6.07, 6.45) is -0.592. The molecule has 1 aromatic rings. The van der Waals surface area contributed by atoms with E-state index in [9.17, 15) is 21.6 Å². The fourth-order valence-corrected chi connectivity index (χ4v) is 4.50. The van der Waals surface area contributed by atoms with E-state index in [0.717, 1.165) is 30.0 Å². The molecule has 20 heavy (non-hydrogen) atoms. The lowest BCUT2D eigenvalue weighted by Gasteiger charge is -2.21. The summed E-state index contributed by atoms with van der Waals surface area (Å²) in [5.74, 6) is -0.378. The Morgan fingerprint density at radius 3 is 2.40 bits per heavy atom. The summed E-state index contributed by atoms with van der Waals surface area (Å²) >= 11 is 0. The molecule has 8 heteroatoms. The average molecular weight is 310 g/mol. The van der Waals surface area contributed by atoms with E-state index < -0.39 is 27.0 Å². The average Bonchev–Trinajstić information content (AvgIpc) is 2.71. The quantitative estimate of drug-likeness (QED) is 0.862. The van der Waals surface area contributed by atoms with Gasteiger partial charge >= 0.3 is 6.18 Å². The number of hydrogen-bond donors (Lipinski definition) is 0. The molecule has 1 aliphatic carbocycles. The second-order valence-electron chi connectivity index (χ2n) is 5.21. The highest BCUT2D eigenvalue weighted by molar-refractivity contribution is 7.91. The van der Waals surface area contributed by atoms with Gasteiger partial charge in [0.2, 0.25) is 0 Å². The summed E-state index contributed by atoms with van der Waals surface area (Å²) in [6, 6.07) is 0.820. The summed E-state index contributed by atoms with van der Waals surface area (Å²) in [7, 11) is -2.08. The zero-order valence-electron chi connectivity index (χ0n) is 11.2. The molecule has 1 aromatic heterocycles. The van der Waals surface area contributed by atoms with Crippen molar-refractivity contribution in [2.24, 2.45) is 7.05 Å². The molecule has 0 bridgehead atoms. The van der Waals surface area contributed by atoms with Crippen LogP contribution >= 0.6 is 0 Å². The SMILES string of the molecule is Cn1nc(C(F)(F)F)cc1CS(=O)(=O)C1CCCCC1. The lowest BCUT2D eigenvalue weighted by molar-refractivity contribution is -0.141. The summed E-state index contributed by atoms with van der Waals surface area (Å²) in [5, 5.41) is 2.91. The summed E-state index contributed by atoms with van der Waals surface area (Å²) < 4.78 is 63.1. The van der Waals surface area contributed by atoms with Crippen LogP contribution in [-0.2, 0) is 28.8 Å². The predicted octanol–water partition coefficient (Wildman–Crippen LogP) is 2.69. The number of nitrogens with zero attached hydrogens (tertiary/aromatic N) is 2. The molecule has 4 nitrogen and oxygen atoms in total. The van der Waals surface area contributed by atoms with Gasteiger partial charge in [0, 0.05) is 7.05 Å². The number of aromatic nitrogens is 2. The van der Waals surface area contributed by atoms with Gasteiger partial charge in [-0.2, -0.15) is 18.3 Å². The van der Waals surface area contributed by atoms with E-state index in [2.05, 4.69) is 5.10 Å². The van der Waals surface area contributed by atoms with E-state index in [1.54, 1.807) is 0 Å². The Bertz CT molecular complexity index is 572. The van der Waals surface area contributed by atoms with Crippen LogP contribution in [0.15, 0.2) is 6.07 Å². The maximum atomic E-state index is 12.5. The maximum absolute atomic E-state index is 12.5. The Kier molecular flexibility index (Phi) is 4.13. The first-order valence-electron chi connectivity index (χ1n) is 6.52. The molecule has 1 aliphatic rings. The van der Waals surface area contributed by atoms with Gasteiger partial charge in [-0.3, -0.25) is 4.68 Å². The lowest BCUT2D eigenvalue weighted by atomic mass is 10.0. The van der Waals surface area contributed by atoms with Crippen LogP contribution in [0.1, 0.15) is 43.5 Å². The third-order valence-electron chi connectivity index (χ3n) is 3.68. The van der Waals surface area contributed by atoms with Gasteiger partial charge in [0.25, 0.3) is 0 Å². The molecule has 0 atom stereocenters. The summed E-state index contributed by atoms with van der Waals surface area (Å²) in [4.78, 5) is 0. The van der Waals surface area contributed by atoms with E-state index in [0.29, 0.717) is 12.8 Å². The Labute approximate surface area is 115 Å². The van der Waals surface area contributed by atoms with Crippen LogP contribution in [0.25, 0.3) is 0 Å². The molecule has 114 valence electrons. The Morgan fingerprint density at radius 1 is 1.30 bits per heavy atom. The molecule has 0 amide bonds. The Balaban J connectivity index is 2.19. The minimum Gasteiger partial charge on any atom is -0.271 e. The van der Waals surface area contributed by atoms with Crippen molar-refractivity contribution in [1.82, 2.24) is 9.78 Å². The van der Waals surface area contributed by atoms with Crippen LogP contribution in [0, 0.1) is 0 Å². The molecule has 0 aromatic carbocycles. The highest BCUT2D eigenvalue weighted by atomic mass is 32.2. The Morgan fingerprint density at radius 2 is 1.90 bits per heavy atom. The van der Waals surface area contributed by atoms with Gasteiger partial charge < -0.3 is 0 Å². The van der Waals surface area contributed by atoms with Crippen LogP contribution < -0.4 is 0 Å². The number of halogens is 3. The van der Waals surface area contributed by atoms with Gasteiger partial charge in [0.15, 0.2) is 15.5 Å². The van der Waals surface area contributed by atoms with Crippen molar-refractivity contribution in [2.45, 2.75) is 49.3 Å². The minimum absolute atomic E-state index is 0.0860. The second-order valence-corrected chi connectivity index (χ2v) is 7.49. The van der Waals surface area contributed by atoms with Gasteiger partial charge in [0.1, 0.15) is 0 Å². The topological polar surface area (TPSA) is 52.0 Å². The molecule has 0 saturated heterocycles. The third-order valence-corrected chi connectivity index (χ3v) is 5.86. The largest absolute Gasteiger partial charge is 0.435 e. The fraction of sp³-hybridized carbons (Fsp3) is 0.750. The Hall–Kier alpha value is -1.05. The molecule has 2 rings (SSSR count). The van der Waals surface area contributed by atoms with Gasteiger partial charge in [0.05, 0.1) is 16.7 Å². The molecule has 0 aliphatic heterocycles. The molecule has 0 spiro atoms. The molecule has 0 unspecified atom stereocenters. The van der Waals surface area contributed by atoms with Crippen LogP contribution in [-0.4, -0.2) is 23.4 Å². The van der Waals surface area contributed by atoms with Crippen LogP contribution in [0.2, 0.25) is 0 Å². The van der Waals surface area contributed by atoms with Crippen molar-refractivity contribution in [2.75, 3.05) is 0 Å². The molecular weight excluding hydrogens is 293 g/mol. The highest BCUT2D eigenvalue weighted by Crippen LogP contribution is 2.30. The van der Waals surface area contributed by atoms with Gasteiger partial charge in [-0.25, -0.2) is 8.42 Å². The standard InChI is InChI=1S/C12H17F3N2O2S/c1-17-9(7-11(16-17)12(13,14)15)8-20(18,19)10-5-3-2-4-6-10/h7,10H,2-6,8H2,1H3. The minimum atomic E-state index is -4.55. The van der Waals surface area contributed by atoms with Crippen molar-refractivity contribution in [3.63, 3.8) is 0 Å². The first-order valence-corrected chi connectivity index (χ1v) is 8.23. The second kappa shape index (κ2) is 5.38. The monoisotopic (exact) mass is 310 g/mol. The van der Waals surface area contributed by atoms with Crippen molar-refractivity contribution in [3.8, 4) is 0 Å². The first kappa shape index (κ1) is 15.3. The number of hydrogen-bond acceptors (Lipinski definition) is 3. The van der Waals surface area contributed by atoms with Gasteiger partial charge in [-0.1, -0.05) is 19.3 Å². The van der Waals surface area contributed by atoms with Crippen LogP contribution in [0.4, 0.5) is 13.2 Å². The van der Waals surface area contributed by atoms with E-state index >= 15 is 0 Å². The molecule has 1 heterocycles. The normalized spacial score (nSPS) is 18.4. The zero-order valence-corrected chi connectivity index (χ0v) is 12.0. The highest BCUT2D eigenvalue weighted by Gasteiger charge is 2.36. The molecular formula is C12H17F3N2O2S. The fourth-order valence-electron chi connectivity index (χ4n) is 2.53. The van der Waals surface area contributed by atoms with E-state index in [4.69, 9.17) is 0 Å². The molecule has 0 N–H and O–H groups in total. The van der Waals surface area contributed by atoms with Crippen LogP contribution in [0.5, 0.6) is 0 Å². The maximum Gasteiger partial charge on any atom is 0.435 e. The van der Waals surface area contributed by atoms with Crippen molar-refractivity contribution in [1.29, 1.82) is 0 Å². The molecule has 1 saturated carbocycles. The molecule has 1 fully saturated rings. The van der Waals surface area contributed by atoms with E-state index in [1.165, 1.54) is 7.05 Å². The number of alkyl halides is 3. The van der Waals surface area contributed by atoms with E-state index in [1.807, 2.05) is 0 Å². The van der Waals surface area contributed by atoms with Crippen LogP contribution in [0.3, 0.4) is 0 Å². The smallest absolute Gasteiger partial charge is 0.271 e.